The third kappa shape index (κ3) is 3.53. The SMILES string of the molecule is CS(=O)(=O)C1=C(O)C(=O)N(CCCC(=O)O)[C@@H]1c1ccccc1. The molecule has 0 saturated heterocycles. The molecule has 0 saturated carbocycles. The van der Waals surface area contributed by atoms with Gasteiger partial charge in [0.2, 0.25) is 0 Å². The van der Waals surface area contributed by atoms with E-state index in [4.69, 9.17) is 5.11 Å². The quantitative estimate of drug-likeness (QED) is 0.806. The first kappa shape index (κ1) is 17.0. The molecule has 2 N–H and O–H groups in total. The molecule has 0 bridgehead atoms. The van der Waals surface area contributed by atoms with Crippen molar-refractivity contribution in [2.75, 3.05) is 12.8 Å². The lowest BCUT2D eigenvalue weighted by molar-refractivity contribution is -0.138. The zero-order valence-corrected chi connectivity index (χ0v) is 13.3. The number of benzene rings is 1. The first-order valence-electron chi connectivity index (χ1n) is 6.94. The second kappa shape index (κ2) is 6.41. The molecule has 1 aromatic carbocycles. The fourth-order valence-corrected chi connectivity index (χ4v) is 3.71. The second-order valence-corrected chi connectivity index (χ2v) is 7.28. The lowest BCUT2D eigenvalue weighted by Gasteiger charge is -2.26. The number of carboxylic acids is 1. The number of carbonyl (C=O) groups excluding carboxylic acids is 1. The normalized spacial score (nSPS) is 18.6. The van der Waals surface area contributed by atoms with Gasteiger partial charge in [-0.05, 0) is 12.0 Å². The molecule has 1 amide bonds. The van der Waals surface area contributed by atoms with Gasteiger partial charge < -0.3 is 15.1 Å². The molecule has 1 aromatic rings. The van der Waals surface area contributed by atoms with Crippen molar-refractivity contribution >= 4 is 21.7 Å². The van der Waals surface area contributed by atoms with Gasteiger partial charge in [-0.1, -0.05) is 30.3 Å². The number of rotatable bonds is 6. The van der Waals surface area contributed by atoms with Gasteiger partial charge in [0.25, 0.3) is 5.91 Å². The number of carbonyl (C=O) groups is 2. The highest BCUT2D eigenvalue weighted by Crippen LogP contribution is 2.39. The van der Waals surface area contributed by atoms with Crippen molar-refractivity contribution < 1.29 is 28.2 Å². The van der Waals surface area contributed by atoms with Crippen molar-refractivity contribution in [3.8, 4) is 0 Å². The lowest BCUT2D eigenvalue weighted by atomic mass is 10.1. The van der Waals surface area contributed by atoms with E-state index in [1.165, 1.54) is 4.90 Å². The minimum atomic E-state index is -3.81. The standard InChI is InChI=1S/C15H17NO6S/c1-23(21,22)14-12(10-6-3-2-4-7-10)16(15(20)13(14)19)9-5-8-11(17)18/h2-4,6-7,12,19H,5,8-9H2,1H3,(H,17,18)/t12-/m1/s1. The molecule has 1 aliphatic rings. The highest BCUT2D eigenvalue weighted by atomic mass is 32.2. The van der Waals surface area contributed by atoms with Crippen LogP contribution in [0.1, 0.15) is 24.4 Å². The first-order valence-corrected chi connectivity index (χ1v) is 8.83. The summed E-state index contributed by atoms with van der Waals surface area (Å²) in [6.45, 7) is 0.0355. The van der Waals surface area contributed by atoms with E-state index in [-0.39, 0.29) is 24.3 Å². The molecule has 0 aromatic heterocycles. The van der Waals surface area contributed by atoms with Crippen LogP contribution in [0.15, 0.2) is 41.0 Å². The summed E-state index contributed by atoms with van der Waals surface area (Å²) in [6.07, 6.45) is 0.942. The third-order valence-corrected chi connectivity index (χ3v) is 4.78. The van der Waals surface area contributed by atoms with Crippen molar-refractivity contribution in [2.45, 2.75) is 18.9 Å². The Bertz CT molecular complexity index is 753. The van der Waals surface area contributed by atoms with Gasteiger partial charge in [-0.2, -0.15) is 0 Å². The smallest absolute Gasteiger partial charge is 0.303 e. The average Bonchev–Trinajstić information content (AvgIpc) is 2.72. The van der Waals surface area contributed by atoms with Gasteiger partial charge in [0.05, 0.1) is 6.04 Å². The Morgan fingerprint density at radius 1 is 1.26 bits per heavy atom. The zero-order chi connectivity index (χ0) is 17.2. The molecule has 7 nitrogen and oxygen atoms in total. The van der Waals surface area contributed by atoms with Crippen LogP contribution in [0.25, 0.3) is 0 Å². The molecular weight excluding hydrogens is 322 g/mol. The topological polar surface area (TPSA) is 112 Å². The van der Waals surface area contributed by atoms with Crippen LogP contribution >= 0.6 is 0 Å². The molecule has 0 radical (unpaired) electrons. The third-order valence-electron chi connectivity index (χ3n) is 3.56. The van der Waals surface area contributed by atoms with Gasteiger partial charge >= 0.3 is 5.97 Å². The van der Waals surface area contributed by atoms with Crippen LogP contribution in [-0.2, 0) is 19.4 Å². The number of aliphatic hydroxyl groups is 1. The minimum Gasteiger partial charge on any atom is -0.502 e. The highest BCUT2D eigenvalue weighted by Gasteiger charge is 2.44. The Kier molecular flexibility index (Phi) is 4.74. The van der Waals surface area contributed by atoms with Crippen molar-refractivity contribution in [1.82, 2.24) is 4.90 Å². The Hall–Kier alpha value is -2.35. The molecule has 124 valence electrons. The summed E-state index contributed by atoms with van der Waals surface area (Å²) >= 11 is 0. The van der Waals surface area contributed by atoms with Gasteiger partial charge in [-0.25, -0.2) is 8.42 Å². The van der Waals surface area contributed by atoms with Crippen LogP contribution in [0.4, 0.5) is 0 Å². The number of hydrogen-bond donors (Lipinski definition) is 2. The summed E-state index contributed by atoms with van der Waals surface area (Å²) < 4.78 is 24.0. The molecule has 8 heteroatoms. The van der Waals surface area contributed by atoms with Crippen LogP contribution in [0.3, 0.4) is 0 Å². The Morgan fingerprint density at radius 2 is 1.87 bits per heavy atom. The number of sulfone groups is 1. The van der Waals surface area contributed by atoms with E-state index in [1.54, 1.807) is 30.3 Å². The average molecular weight is 339 g/mol. The minimum absolute atomic E-state index is 0.0355. The van der Waals surface area contributed by atoms with Crippen molar-refractivity contribution in [2.24, 2.45) is 0 Å². The van der Waals surface area contributed by atoms with Gasteiger partial charge in [-0.3, -0.25) is 9.59 Å². The molecule has 0 fully saturated rings. The summed E-state index contributed by atoms with van der Waals surface area (Å²) in [5.74, 6) is -2.60. The zero-order valence-electron chi connectivity index (χ0n) is 12.5. The maximum atomic E-state index is 12.2. The van der Waals surface area contributed by atoms with Crippen LogP contribution < -0.4 is 0 Å². The van der Waals surface area contributed by atoms with Crippen molar-refractivity contribution in [3.63, 3.8) is 0 Å². The number of carboxylic acid groups (broad SMARTS) is 1. The fourth-order valence-electron chi connectivity index (χ4n) is 2.61. The molecule has 23 heavy (non-hydrogen) atoms. The van der Waals surface area contributed by atoms with Crippen molar-refractivity contribution in [1.29, 1.82) is 0 Å². The molecule has 0 aliphatic carbocycles. The summed E-state index contributed by atoms with van der Waals surface area (Å²) in [5.41, 5.74) is 0.542. The van der Waals surface area contributed by atoms with Crippen molar-refractivity contribution in [3.05, 3.63) is 46.6 Å². The van der Waals surface area contributed by atoms with Gasteiger partial charge in [-0.15, -0.1) is 0 Å². The largest absolute Gasteiger partial charge is 0.502 e. The van der Waals surface area contributed by atoms with Gasteiger partial charge in [0, 0.05) is 19.2 Å². The molecule has 1 aliphatic heterocycles. The number of nitrogens with zero attached hydrogens (tertiary/aromatic N) is 1. The molecule has 1 heterocycles. The van der Waals surface area contributed by atoms with Gasteiger partial charge in [0.1, 0.15) is 4.91 Å². The number of aliphatic carboxylic acids is 1. The molecule has 1 atom stereocenters. The van der Waals surface area contributed by atoms with Crippen LogP contribution in [0, 0.1) is 0 Å². The lowest BCUT2D eigenvalue weighted by Crippen LogP contribution is -2.32. The highest BCUT2D eigenvalue weighted by molar-refractivity contribution is 7.94. The van der Waals surface area contributed by atoms with E-state index in [0.717, 1.165) is 6.26 Å². The second-order valence-electron chi connectivity index (χ2n) is 5.29. The van der Waals surface area contributed by atoms with E-state index in [2.05, 4.69) is 0 Å². The fraction of sp³-hybridized carbons (Fsp3) is 0.333. The predicted octanol–water partition coefficient (Wildman–Crippen LogP) is 1.25. The van der Waals surface area contributed by atoms with Crippen LogP contribution in [0.2, 0.25) is 0 Å². The monoisotopic (exact) mass is 339 g/mol. The van der Waals surface area contributed by atoms with Crippen LogP contribution in [0.5, 0.6) is 0 Å². The summed E-state index contributed by atoms with van der Waals surface area (Å²) in [4.78, 5) is 23.7. The Labute approximate surface area is 133 Å². The molecule has 2 rings (SSSR count). The maximum Gasteiger partial charge on any atom is 0.303 e. The van der Waals surface area contributed by atoms with E-state index >= 15 is 0 Å². The Morgan fingerprint density at radius 3 is 2.39 bits per heavy atom. The molecule has 0 spiro atoms. The molecule has 0 unspecified atom stereocenters. The summed E-state index contributed by atoms with van der Waals surface area (Å²) in [6, 6.07) is 7.53. The molecular formula is C15H17NO6S. The predicted molar refractivity (Wildman–Crippen MR) is 82.3 cm³/mol. The number of hydrogen-bond acceptors (Lipinski definition) is 5. The van der Waals surface area contributed by atoms with E-state index in [0.29, 0.717) is 5.56 Å². The number of amides is 1. The van der Waals surface area contributed by atoms with E-state index in [1.807, 2.05) is 0 Å². The van der Waals surface area contributed by atoms with Crippen LogP contribution in [-0.4, -0.2) is 48.2 Å². The van der Waals surface area contributed by atoms with E-state index in [9.17, 15) is 23.1 Å². The summed E-state index contributed by atoms with van der Waals surface area (Å²) in [7, 11) is -3.81. The number of aliphatic hydroxyl groups excluding tert-OH is 1. The summed E-state index contributed by atoms with van der Waals surface area (Å²) in [5, 5.41) is 18.7. The van der Waals surface area contributed by atoms with E-state index < -0.39 is 33.5 Å². The Balaban J connectivity index is 2.43. The van der Waals surface area contributed by atoms with Gasteiger partial charge in [0.15, 0.2) is 15.6 Å². The maximum absolute atomic E-state index is 12.2. The first-order chi connectivity index (χ1) is 10.7.